The lowest BCUT2D eigenvalue weighted by Gasteiger charge is -2.05. The highest BCUT2D eigenvalue weighted by Gasteiger charge is 2.12. The summed E-state index contributed by atoms with van der Waals surface area (Å²) >= 11 is 0. The van der Waals surface area contributed by atoms with E-state index in [4.69, 9.17) is 0 Å². The number of rotatable bonds is 3. The molecule has 2 aromatic rings. The van der Waals surface area contributed by atoms with Crippen molar-refractivity contribution in [1.29, 1.82) is 0 Å². The molecule has 3 heteroatoms. The van der Waals surface area contributed by atoms with Gasteiger partial charge in [-0.2, -0.15) is 0 Å². The highest BCUT2D eigenvalue weighted by atomic mass is 16.1. The summed E-state index contributed by atoms with van der Waals surface area (Å²) in [4.78, 5) is 15.4. The lowest BCUT2D eigenvalue weighted by atomic mass is 10.1. The molecule has 2 rings (SSSR count). The lowest BCUT2D eigenvalue weighted by molar-refractivity contribution is -0.116. The highest BCUT2D eigenvalue weighted by molar-refractivity contribution is 5.80. The number of Topliss-reactive ketones (excluding diaryl/α,β-unsaturated/α-hetero) is 1. The molecule has 3 nitrogen and oxygen atoms in total. The summed E-state index contributed by atoms with van der Waals surface area (Å²) in [7, 11) is 1.94. The van der Waals surface area contributed by atoms with Crippen LogP contribution in [-0.4, -0.2) is 15.3 Å². The molecule has 82 valence electrons. The van der Waals surface area contributed by atoms with Crippen molar-refractivity contribution in [1.82, 2.24) is 9.55 Å². The molecule has 0 aliphatic carbocycles. The highest BCUT2D eigenvalue weighted by Crippen LogP contribution is 2.22. The number of carbonyl (C=O) groups excluding carboxylic acids is 1. The number of hydrogen-bond acceptors (Lipinski definition) is 2. The fourth-order valence-electron chi connectivity index (χ4n) is 1.81. The molecule has 0 atom stereocenters. The largest absolute Gasteiger partial charge is 0.334 e. The zero-order chi connectivity index (χ0) is 11.5. The maximum atomic E-state index is 11.2. The molecule has 0 fully saturated rings. The Hall–Kier alpha value is -1.90. The van der Waals surface area contributed by atoms with Gasteiger partial charge in [0, 0.05) is 12.6 Å². The molecule has 0 radical (unpaired) electrons. The monoisotopic (exact) mass is 214 g/mol. The minimum absolute atomic E-state index is 0.135. The number of benzene rings is 1. The Morgan fingerprint density at radius 3 is 2.62 bits per heavy atom. The molecule has 0 spiro atoms. The number of nitrogens with zero attached hydrogens (tertiary/aromatic N) is 2. The third-order valence-corrected chi connectivity index (χ3v) is 2.48. The molecular weight excluding hydrogens is 200 g/mol. The molecule has 0 saturated heterocycles. The van der Waals surface area contributed by atoms with Gasteiger partial charge in [-0.05, 0) is 6.92 Å². The molecule has 16 heavy (non-hydrogen) atoms. The molecule has 1 aromatic carbocycles. The van der Waals surface area contributed by atoms with Crippen molar-refractivity contribution in [2.24, 2.45) is 7.05 Å². The van der Waals surface area contributed by atoms with Gasteiger partial charge in [-0.15, -0.1) is 0 Å². The van der Waals surface area contributed by atoms with E-state index in [1.165, 1.54) is 0 Å². The normalized spacial score (nSPS) is 10.4. The van der Waals surface area contributed by atoms with E-state index < -0.39 is 0 Å². The van der Waals surface area contributed by atoms with E-state index in [9.17, 15) is 4.79 Å². The van der Waals surface area contributed by atoms with E-state index in [1.807, 2.05) is 41.9 Å². The van der Waals surface area contributed by atoms with Crippen LogP contribution >= 0.6 is 0 Å². The smallest absolute Gasteiger partial charge is 0.135 e. The summed E-state index contributed by atoms with van der Waals surface area (Å²) in [6, 6.07) is 10.0. The van der Waals surface area contributed by atoms with Crippen molar-refractivity contribution in [3.8, 4) is 11.3 Å². The second-order valence-corrected chi connectivity index (χ2v) is 3.90. The molecule has 0 aliphatic rings. The summed E-state index contributed by atoms with van der Waals surface area (Å²) in [5, 5.41) is 0. The van der Waals surface area contributed by atoms with Crippen molar-refractivity contribution in [3.05, 3.63) is 42.4 Å². The van der Waals surface area contributed by atoms with Crippen LogP contribution in [-0.2, 0) is 18.3 Å². The van der Waals surface area contributed by atoms with Crippen LogP contribution < -0.4 is 0 Å². The fraction of sp³-hybridized carbons (Fsp3) is 0.231. The first-order chi connectivity index (χ1) is 7.68. The van der Waals surface area contributed by atoms with Gasteiger partial charge in [-0.25, -0.2) is 4.98 Å². The molecule has 0 unspecified atom stereocenters. The van der Waals surface area contributed by atoms with Gasteiger partial charge in [0.2, 0.25) is 0 Å². The number of ketones is 1. The van der Waals surface area contributed by atoms with Crippen LogP contribution in [0.4, 0.5) is 0 Å². The maximum Gasteiger partial charge on any atom is 0.135 e. The minimum atomic E-state index is 0.135. The van der Waals surface area contributed by atoms with Gasteiger partial charge in [-0.1, -0.05) is 30.3 Å². The zero-order valence-corrected chi connectivity index (χ0v) is 9.47. The van der Waals surface area contributed by atoms with Crippen LogP contribution in [0, 0.1) is 0 Å². The third kappa shape index (κ3) is 2.03. The second kappa shape index (κ2) is 4.31. The van der Waals surface area contributed by atoms with Crippen molar-refractivity contribution in [2.75, 3.05) is 0 Å². The SMILES string of the molecule is CC(=O)Cc1ncn(C)c1-c1ccccc1. The summed E-state index contributed by atoms with van der Waals surface area (Å²) in [6.07, 6.45) is 2.14. The van der Waals surface area contributed by atoms with E-state index in [-0.39, 0.29) is 5.78 Å². The van der Waals surface area contributed by atoms with Crippen LogP contribution in [0.1, 0.15) is 12.6 Å². The minimum Gasteiger partial charge on any atom is -0.334 e. The van der Waals surface area contributed by atoms with Crippen LogP contribution in [0.2, 0.25) is 0 Å². The third-order valence-electron chi connectivity index (χ3n) is 2.48. The number of aryl methyl sites for hydroxylation is 1. The van der Waals surface area contributed by atoms with Crippen molar-refractivity contribution < 1.29 is 4.79 Å². The van der Waals surface area contributed by atoms with Gasteiger partial charge in [-0.3, -0.25) is 4.79 Å². The lowest BCUT2D eigenvalue weighted by Crippen LogP contribution is -2.00. The van der Waals surface area contributed by atoms with Gasteiger partial charge in [0.15, 0.2) is 0 Å². The van der Waals surface area contributed by atoms with Gasteiger partial charge in [0.25, 0.3) is 0 Å². The molecule has 0 amide bonds. The standard InChI is InChI=1S/C13H14N2O/c1-10(16)8-12-13(15(2)9-14-12)11-6-4-3-5-7-11/h3-7,9H,8H2,1-2H3. The molecule has 1 heterocycles. The van der Waals surface area contributed by atoms with Crippen molar-refractivity contribution >= 4 is 5.78 Å². The van der Waals surface area contributed by atoms with Crippen LogP contribution in [0.3, 0.4) is 0 Å². The Morgan fingerprint density at radius 2 is 2.00 bits per heavy atom. The number of carbonyl (C=O) groups is 1. The van der Waals surface area contributed by atoms with E-state index >= 15 is 0 Å². The van der Waals surface area contributed by atoms with Crippen molar-refractivity contribution in [2.45, 2.75) is 13.3 Å². The Morgan fingerprint density at radius 1 is 1.31 bits per heavy atom. The predicted octanol–water partition coefficient (Wildman–Crippen LogP) is 2.22. The molecule has 0 bridgehead atoms. The summed E-state index contributed by atoms with van der Waals surface area (Å²) in [5.41, 5.74) is 2.97. The average Bonchev–Trinajstić information content (AvgIpc) is 2.60. The topological polar surface area (TPSA) is 34.9 Å². The van der Waals surface area contributed by atoms with E-state index in [1.54, 1.807) is 13.3 Å². The average molecular weight is 214 g/mol. The summed E-state index contributed by atoms with van der Waals surface area (Å²) in [6.45, 7) is 1.59. The van der Waals surface area contributed by atoms with E-state index in [0.29, 0.717) is 6.42 Å². The van der Waals surface area contributed by atoms with Crippen molar-refractivity contribution in [3.63, 3.8) is 0 Å². The molecule has 0 aliphatic heterocycles. The Labute approximate surface area is 94.7 Å². The summed E-state index contributed by atoms with van der Waals surface area (Å²) < 4.78 is 1.95. The first-order valence-corrected chi connectivity index (χ1v) is 5.23. The maximum absolute atomic E-state index is 11.2. The molecular formula is C13H14N2O. The molecule has 0 saturated carbocycles. The number of aromatic nitrogens is 2. The van der Waals surface area contributed by atoms with Crippen LogP contribution in [0.5, 0.6) is 0 Å². The van der Waals surface area contributed by atoms with Gasteiger partial charge < -0.3 is 4.57 Å². The number of hydrogen-bond donors (Lipinski definition) is 0. The quantitative estimate of drug-likeness (QED) is 0.785. The van der Waals surface area contributed by atoms with Crippen LogP contribution in [0.25, 0.3) is 11.3 Å². The Kier molecular flexibility index (Phi) is 2.86. The molecule has 1 aromatic heterocycles. The Bertz CT molecular complexity index is 500. The van der Waals surface area contributed by atoms with Gasteiger partial charge in [0.1, 0.15) is 5.78 Å². The first-order valence-electron chi connectivity index (χ1n) is 5.23. The van der Waals surface area contributed by atoms with Gasteiger partial charge in [0.05, 0.1) is 24.1 Å². The number of imidazole rings is 1. The zero-order valence-electron chi connectivity index (χ0n) is 9.47. The van der Waals surface area contributed by atoms with E-state index in [2.05, 4.69) is 4.98 Å². The first kappa shape index (κ1) is 10.6. The second-order valence-electron chi connectivity index (χ2n) is 3.90. The fourth-order valence-corrected chi connectivity index (χ4v) is 1.81. The Balaban J connectivity index is 2.47. The predicted molar refractivity (Wildman–Crippen MR) is 63.0 cm³/mol. The molecule has 0 N–H and O–H groups in total. The van der Waals surface area contributed by atoms with E-state index in [0.717, 1.165) is 17.0 Å². The summed E-state index contributed by atoms with van der Waals surface area (Å²) in [5.74, 6) is 0.135. The van der Waals surface area contributed by atoms with Crippen LogP contribution in [0.15, 0.2) is 36.7 Å². The van der Waals surface area contributed by atoms with Gasteiger partial charge >= 0.3 is 0 Å².